The van der Waals surface area contributed by atoms with Crippen LogP contribution in [0.2, 0.25) is 0 Å². The first-order valence-electron chi connectivity index (χ1n) is 10.6. The molecule has 3 heterocycles. The molecular weight excluding hydrogens is 526 g/mol. The molecule has 7 nitrogen and oxygen atoms in total. The Morgan fingerprint density at radius 2 is 1.63 bits per heavy atom. The molecule has 0 bridgehead atoms. The molecule has 5 aromatic rings. The highest BCUT2D eigenvalue weighted by Crippen LogP contribution is 2.40. The second-order valence-electron chi connectivity index (χ2n) is 7.96. The van der Waals surface area contributed by atoms with Gasteiger partial charge >= 0.3 is 12.4 Å². The molecule has 38 heavy (non-hydrogen) atoms. The topological polar surface area (TPSA) is 84.1 Å². The van der Waals surface area contributed by atoms with Crippen LogP contribution in [0.3, 0.4) is 0 Å². The minimum Gasteiger partial charge on any atom is -0.335 e. The first-order chi connectivity index (χ1) is 17.9. The van der Waals surface area contributed by atoms with Gasteiger partial charge in [0.2, 0.25) is 12.2 Å². The highest BCUT2D eigenvalue weighted by atomic mass is 19.4. The van der Waals surface area contributed by atoms with E-state index in [9.17, 15) is 35.1 Å². The third-order valence-electron chi connectivity index (χ3n) is 5.40. The minimum absolute atomic E-state index is 0.0187. The maximum atomic E-state index is 14.1. The number of hydrogen-bond donors (Lipinski definition) is 1. The summed E-state index contributed by atoms with van der Waals surface area (Å²) in [6, 6.07) is 7.36. The molecule has 0 fully saturated rings. The molecule has 194 valence electrons. The molecule has 2 aromatic carbocycles. The number of nitrogens with zero attached hydrogens (tertiary/aromatic N) is 6. The lowest BCUT2D eigenvalue weighted by molar-refractivity contribution is -0.798. The van der Waals surface area contributed by atoms with Crippen molar-refractivity contribution in [3.63, 3.8) is 0 Å². The Bertz CT molecular complexity index is 1640. The fourth-order valence-electron chi connectivity index (χ4n) is 3.60. The molecule has 0 radical (unpaired) electrons. The van der Waals surface area contributed by atoms with Crippen LogP contribution in [-0.4, -0.2) is 30.4 Å². The summed E-state index contributed by atoms with van der Waals surface area (Å²) >= 11 is 0. The summed E-state index contributed by atoms with van der Waals surface area (Å²) in [5.41, 5.74) is -3.26. The van der Waals surface area contributed by atoms with E-state index in [1.807, 2.05) is 0 Å². The largest absolute Gasteiger partial charge is 0.417 e. The van der Waals surface area contributed by atoms with E-state index in [1.54, 1.807) is 0 Å². The summed E-state index contributed by atoms with van der Waals surface area (Å²) in [7, 11) is 0. The van der Waals surface area contributed by atoms with E-state index in [1.165, 1.54) is 30.5 Å². The predicted molar refractivity (Wildman–Crippen MR) is 114 cm³/mol. The summed E-state index contributed by atoms with van der Waals surface area (Å²) in [4.78, 5) is 8.06. The molecule has 1 N–H and O–H groups in total. The SMILES string of the molecule is Fc1cccc(-c2nc3n[n+](Cc4ccc(-c5ccc(C(F)(F)F)cc5C(F)(F)F)nn4)ncc3[nH]2)c1F. The normalized spacial score (nSPS) is 12.3. The highest BCUT2D eigenvalue weighted by Gasteiger charge is 2.38. The summed E-state index contributed by atoms with van der Waals surface area (Å²) in [5.74, 6) is -2.13. The van der Waals surface area contributed by atoms with Crippen LogP contribution in [0.1, 0.15) is 16.8 Å². The van der Waals surface area contributed by atoms with Gasteiger partial charge in [0.05, 0.1) is 22.4 Å². The van der Waals surface area contributed by atoms with E-state index < -0.39 is 40.7 Å². The lowest BCUT2D eigenvalue weighted by Crippen LogP contribution is -2.42. The molecule has 5 rings (SSSR count). The molecule has 0 spiro atoms. The molecule has 0 unspecified atom stereocenters. The number of aromatic amines is 1. The van der Waals surface area contributed by atoms with E-state index in [0.29, 0.717) is 17.6 Å². The Morgan fingerprint density at radius 1 is 0.842 bits per heavy atom. The average Bonchev–Trinajstić information content (AvgIpc) is 3.28. The molecule has 0 aliphatic rings. The zero-order valence-corrected chi connectivity index (χ0v) is 18.6. The smallest absolute Gasteiger partial charge is 0.335 e. The van der Waals surface area contributed by atoms with Gasteiger partial charge in [0.1, 0.15) is 23.2 Å². The van der Waals surface area contributed by atoms with E-state index in [0.717, 1.165) is 10.9 Å². The van der Waals surface area contributed by atoms with Crippen molar-refractivity contribution in [2.75, 3.05) is 0 Å². The van der Waals surface area contributed by atoms with Gasteiger partial charge < -0.3 is 4.98 Å². The molecule has 3 aromatic heterocycles. The van der Waals surface area contributed by atoms with Gasteiger partial charge in [0.15, 0.2) is 11.6 Å². The molecule has 15 heteroatoms. The zero-order valence-electron chi connectivity index (χ0n) is 18.6. The van der Waals surface area contributed by atoms with Gasteiger partial charge in [-0.05, 0) is 36.4 Å². The number of fused-ring (bicyclic) bond motifs is 1. The third kappa shape index (κ3) is 4.86. The Balaban J connectivity index is 1.41. The summed E-state index contributed by atoms with van der Waals surface area (Å²) in [5, 5.41) is 15.8. The highest BCUT2D eigenvalue weighted by molar-refractivity contribution is 5.74. The average molecular weight is 538 g/mol. The van der Waals surface area contributed by atoms with Crippen LogP contribution in [0.25, 0.3) is 33.8 Å². The maximum Gasteiger partial charge on any atom is 0.417 e. The number of H-pyrrole nitrogens is 1. The Labute approximate surface area is 206 Å². The maximum absolute atomic E-state index is 14.1. The number of benzene rings is 2. The molecule has 0 amide bonds. The Kier molecular flexibility index (Phi) is 6.00. The van der Waals surface area contributed by atoms with Crippen molar-refractivity contribution in [1.29, 1.82) is 0 Å². The van der Waals surface area contributed by atoms with Crippen LogP contribution in [0.15, 0.2) is 54.7 Å². The van der Waals surface area contributed by atoms with E-state index in [-0.39, 0.29) is 41.0 Å². The van der Waals surface area contributed by atoms with Crippen molar-refractivity contribution >= 4 is 11.2 Å². The number of alkyl halides is 6. The van der Waals surface area contributed by atoms with Crippen molar-refractivity contribution in [2.24, 2.45) is 0 Å². The molecular formula is C23H12F8N7+. The fraction of sp³-hybridized carbons (Fsp3) is 0.130. The molecule has 0 aliphatic carbocycles. The van der Waals surface area contributed by atoms with Crippen LogP contribution in [-0.2, 0) is 18.9 Å². The van der Waals surface area contributed by atoms with Crippen molar-refractivity contribution in [3.05, 3.63) is 83.2 Å². The third-order valence-corrected chi connectivity index (χ3v) is 5.40. The number of nitrogens with one attached hydrogen (secondary N) is 1. The van der Waals surface area contributed by atoms with E-state index >= 15 is 0 Å². The summed E-state index contributed by atoms with van der Waals surface area (Å²) < 4.78 is 107. The number of halogens is 8. The van der Waals surface area contributed by atoms with Gasteiger partial charge in [-0.25, -0.2) is 13.8 Å². The van der Waals surface area contributed by atoms with Gasteiger partial charge in [-0.15, -0.1) is 5.10 Å². The van der Waals surface area contributed by atoms with Crippen molar-refractivity contribution in [1.82, 2.24) is 30.4 Å². The van der Waals surface area contributed by atoms with Gasteiger partial charge in [0.25, 0.3) is 0 Å². The number of hydrogen-bond acceptors (Lipinski definition) is 5. The van der Waals surface area contributed by atoms with Crippen LogP contribution in [0, 0.1) is 11.6 Å². The Hall–Kier alpha value is -4.56. The molecule has 0 saturated heterocycles. The van der Waals surface area contributed by atoms with Crippen LogP contribution < -0.4 is 4.80 Å². The first-order valence-corrected chi connectivity index (χ1v) is 10.6. The number of rotatable bonds is 4. The minimum atomic E-state index is -5.06. The van der Waals surface area contributed by atoms with Gasteiger partial charge in [0, 0.05) is 20.6 Å². The van der Waals surface area contributed by atoms with E-state index in [2.05, 4.69) is 30.4 Å². The second kappa shape index (κ2) is 9.08. The number of imidazole rings is 1. The lowest BCUT2D eigenvalue weighted by atomic mass is 10.0. The zero-order chi connectivity index (χ0) is 27.2. The number of aromatic nitrogens is 7. The van der Waals surface area contributed by atoms with Gasteiger partial charge in [-0.3, -0.25) is 0 Å². The van der Waals surface area contributed by atoms with E-state index in [4.69, 9.17) is 0 Å². The van der Waals surface area contributed by atoms with Crippen LogP contribution in [0.4, 0.5) is 35.1 Å². The predicted octanol–water partition coefficient (Wildman–Crippen LogP) is 5.13. The van der Waals surface area contributed by atoms with Gasteiger partial charge in [-0.1, -0.05) is 12.1 Å². The molecule has 0 saturated carbocycles. The standard InChI is InChI=1S/C23H11F8N7/c24-16-3-1-2-14(19(16)25)20-33-18-9-32-38(37-21(18)34-20)10-12-5-7-17(36-35-12)13-6-4-11(22(26,27)28)8-15(13)23(29,30)31/h1-9H,10H2/p+1. The first kappa shape index (κ1) is 25.1. The quantitative estimate of drug-likeness (QED) is 0.254. The van der Waals surface area contributed by atoms with Crippen LogP contribution >= 0.6 is 0 Å². The monoisotopic (exact) mass is 538 g/mol. The summed E-state index contributed by atoms with van der Waals surface area (Å²) in [6.45, 7) is -0.0983. The van der Waals surface area contributed by atoms with Crippen molar-refractivity contribution in [2.45, 2.75) is 18.9 Å². The van der Waals surface area contributed by atoms with Gasteiger partial charge in [-0.2, -0.15) is 31.4 Å². The van der Waals surface area contributed by atoms with Crippen molar-refractivity contribution in [3.8, 4) is 22.6 Å². The fourth-order valence-corrected chi connectivity index (χ4v) is 3.60. The Morgan fingerprint density at radius 3 is 2.32 bits per heavy atom. The second-order valence-corrected chi connectivity index (χ2v) is 7.96. The molecule has 0 atom stereocenters. The van der Waals surface area contributed by atoms with Crippen LogP contribution in [0.5, 0.6) is 0 Å². The van der Waals surface area contributed by atoms with Crippen molar-refractivity contribution < 1.29 is 39.9 Å². The molecule has 0 aliphatic heterocycles. The summed E-state index contributed by atoms with van der Waals surface area (Å²) in [6.07, 6.45) is -8.69. The lowest BCUT2D eigenvalue weighted by Gasteiger charge is -2.15.